The summed E-state index contributed by atoms with van der Waals surface area (Å²) in [5, 5.41) is 20.6. The van der Waals surface area contributed by atoms with Crippen molar-refractivity contribution in [3.63, 3.8) is 0 Å². The van der Waals surface area contributed by atoms with E-state index in [0.29, 0.717) is 22.1 Å². The highest BCUT2D eigenvalue weighted by Gasteiger charge is 2.17. The first-order chi connectivity index (χ1) is 11.6. The second-order valence-electron chi connectivity index (χ2n) is 4.96. The SMILES string of the molecule is CC(C(=O)Nc1ccn(-c2ccc(Cl)cc2C#N)n1)n1cncn1. The first-order valence-corrected chi connectivity index (χ1v) is 7.37. The molecule has 0 spiro atoms. The fourth-order valence-corrected chi connectivity index (χ4v) is 2.26. The number of amides is 1. The van der Waals surface area contributed by atoms with E-state index in [1.807, 2.05) is 0 Å². The van der Waals surface area contributed by atoms with Gasteiger partial charge in [0.15, 0.2) is 5.82 Å². The molecular formula is C15H12ClN7O. The van der Waals surface area contributed by atoms with E-state index in [4.69, 9.17) is 11.6 Å². The minimum atomic E-state index is -0.525. The summed E-state index contributed by atoms with van der Waals surface area (Å²) in [7, 11) is 0. The number of nitrogens with one attached hydrogen (secondary N) is 1. The highest BCUT2D eigenvalue weighted by atomic mass is 35.5. The molecule has 0 saturated carbocycles. The minimum Gasteiger partial charge on any atom is -0.307 e. The molecule has 0 fully saturated rings. The Labute approximate surface area is 142 Å². The molecule has 120 valence electrons. The van der Waals surface area contributed by atoms with E-state index in [1.54, 1.807) is 37.4 Å². The normalized spacial score (nSPS) is 11.7. The molecule has 2 heterocycles. The van der Waals surface area contributed by atoms with Crippen LogP contribution in [0.3, 0.4) is 0 Å². The Balaban J connectivity index is 1.79. The van der Waals surface area contributed by atoms with Gasteiger partial charge in [0.1, 0.15) is 24.8 Å². The van der Waals surface area contributed by atoms with E-state index in [9.17, 15) is 10.1 Å². The summed E-state index contributed by atoms with van der Waals surface area (Å²) in [6, 6.07) is 8.11. The van der Waals surface area contributed by atoms with E-state index in [-0.39, 0.29) is 5.91 Å². The van der Waals surface area contributed by atoms with Crippen LogP contribution in [0.5, 0.6) is 0 Å². The average Bonchev–Trinajstić information content (AvgIpc) is 3.25. The molecule has 1 atom stereocenters. The van der Waals surface area contributed by atoms with Gasteiger partial charge in [0.05, 0.1) is 11.3 Å². The Hall–Kier alpha value is -3.18. The van der Waals surface area contributed by atoms with Gasteiger partial charge < -0.3 is 5.32 Å². The largest absolute Gasteiger partial charge is 0.307 e. The number of rotatable bonds is 4. The zero-order valence-corrected chi connectivity index (χ0v) is 13.3. The summed E-state index contributed by atoms with van der Waals surface area (Å²) < 4.78 is 2.95. The number of benzene rings is 1. The predicted octanol–water partition coefficient (Wildman–Crippen LogP) is 2.19. The molecule has 0 aliphatic heterocycles. The van der Waals surface area contributed by atoms with Crippen molar-refractivity contribution in [3.05, 3.63) is 53.7 Å². The van der Waals surface area contributed by atoms with E-state index >= 15 is 0 Å². The third-order valence-electron chi connectivity index (χ3n) is 3.38. The summed E-state index contributed by atoms with van der Waals surface area (Å²) >= 11 is 5.89. The Bertz CT molecular complexity index is 910. The van der Waals surface area contributed by atoms with Gasteiger partial charge in [-0.2, -0.15) is 15.5 Å². The highest BCUT2D eigenvalue weighted by molar-refractivity contribution is 6.30. The summed E-state index contributed by atoms with van der Waals surface area (Å²) in [4.78, 5) is 16.0. The van der Waals surface area contributed by atoms with Gasteiger partial charge in [-0.1, -0.05) is 11.6 Å². The zero-order valence-electron chi connectivity index (χ0n) is 12.6. The first-order valence-electron chi connectivity index (χ1n) is 6.99. The summed E-state index contributed by atoms with van der Waals surface area (Å²) in [6.07, 6.45) is 4.48. The molecule has 1 N–H and O–H groups in total. The molecule has 1 unspecified atom stereocenters. The van der Waals surface area contributed by atoms with Crippen LogP contribution in [-0.4, -0.2) is 30.5 Å². The van der Waals surface area contributed by atoms with Crippen LogP contribution in [0.4, 0.5) is 5.82 Å². The molecule has 0 saturated heterocycles. The van der Waals surface area contributed by atoms with E-state index in [1.165, 1.54) is 22.0 Å². The van der Waals surface area contributed by atoms with Gasteiger partial charge in [0.25, 0.3) is 0 Å². The van der Waals surface area contributed by atoms with Crippen LogP contribution in [0.2, 0.25) is 5.02 Å². The summed E-state index contributed by atoms with van der Waals surface area (Å²) in [5.74, 6) is 0.0909. The van der Waals surface area contributed by atoms with Crippen LogP contribution in [0.1, 0.15) is 18.5 Å². The number of nitrogens with zero attached hydrogens (tertiary/aromatic N) is 6. The lowest BCUT2D eigenvalue weighted by molar-refractivity contribution is -0.119. The molecule has 3 aromatic rings. The van der Waals surface area contributed by atoms with Gasteiger partial charge in [0.2, 0.25) is 5.91 Å². The van der Waals surface area contributed by atoms with Gasteiger partial charge in [-0.15, -0.1) is 0 Å². The van der Waals surface area contributed by atoms with Crippen molar-refractivity contribution in [3.8, 4) is 11.8 Å². The van der Waals surface area contributed by atoms with Gasteiger partial charge in [0, 0.05) is 17.3 Å². The van der Waals surface area contributed by atoms with Crippen molar-refractivity contribution >= 4 is 23.3 Å². The number of halogens is 1. The fraction of sp³-hybridized carbons (Fsp3) is 0.133. The van der Waals surface area contributed by atoms with E-state index < -0.39 is 6.04 Å². The number of anilines is 1. The molecule has 3 rings (SSSR count). The quantitative estimate of drug-likeness (QED) is 0.783. The monoisotopic (exact) mass is 341 g/mol. The number of hydrogen-bond donors (Lipinski definition) is 1. The minimum absolute atomic E-state index is 0.276. The molecule has 0 radical (unpaired) electrons. The lowest BCUT2D eigenvalue weighted by Crippen LogP contribution is -2.24. The number of carbonyl (C=O) groups is 1. The highest BCUT2D eigenvalue weighted by Crippen LogP contribution is 2.20. The molecule has 2 aromatic heterocycles. The summed E-state index contributed by atoms with van der Waals surface area (Å²) in [5.41, 5.74) is 0.964. The maximum atomic E-state index is 12.2. The number of carbonyl (C=O) groups excluding carboxylic acids is 1. The van der Waals surface area contributed by atoms with Crippen molar-refractivity contribution in [1.82, 2.24) is 24.5 Å². The Kier molecular flexibility index (Phi) is 4.26. The smallest absolute Gasteiger partial charge is 0.250 e. The Morgan fingerprint density at radius 2 is 2.25 bits per heavy atom. The van der Waals surface area contributed by atoms with Crippen LogP contribution in [0.25, 0.3) is 5.69 Å². The van der Waals surface area contributed by atoms with E-state index in [2.05, 4.69) is 26.6 Å². The maximum Gasteiger partial charge on any atom is 0.250 e. The molecule has 1 amide bonds. The van der Waals surface area contributed by atoms with Crippen molar-refractivity contribution in [1.29, 1.82) is 5.26 Å². The number of nitriles is 1. The van der Waals surface area contributed by atoms with Crippen LogP contribution in [0.15, 0.2) is 43.1 Å². The van der Waals surface area contributed by atoms with Crippen LogP contribution < -0.4 is 5.32 Å². The Morgan fingerprint density at radius 3 is 2.96 bits per heavy atom. The molecule has 0 bridgehead atoms. The molecule has 24 heavy (non-hydrogen) atoms. The Morgan fingerprint density at radius 1 is 1.42 bits per heavy atom. The van der Waals surface area contributed by atoms with E-state index in [0.717, 1.165) is 0 Å². The van der Waals surface area contributed by atoms with Crippen LogP contribution in [0, 0.1) is 11.3 Å². The van der Waals surface area contributed by atoms with Crippen molar-refractivity contribution in [2.75, 3.05) is 5.32 Å². The lowest BCUT2D eigenvalue weighted by atomic mass is 10.2. The third-order valence-corrected chi connectivity index (χ3v) is 3.61. The number of aromatic nitrogens is 5. The topological polar surface area (TPSA) is 101 Å². The summed E-state index contributed by atoms with van der Waals surface area (Å²) in [6.45, 7) is 1.70. The van der Waals surface area contributed by atoms with Crippen molar-refractivity contribution in [2.24, 2.45) is 0 Å². The fourth-order valence-electron chi connectivity index (χ4n) is 2.09. The first kappa shape index (κ1) is 15.7. The molecule has 0 aliphatic carbocycles. The van der Waals surface area contributed by atoms with Gasteiger partial charge in [-0.25, -0.2) is 14.3 Å². The second kappa shape index (κ2) is 6.52. The molecule has 8 nitrogen and oxygen atoms in total. The average molecular weight is 342 g/mol. The van der Waals surface area contributed by atoms with Gasteiger partial charge in [-0.05, 0) is 25.1 Å². The maximum absolute atomic E-state index is 12.2. The standard InChI is InChI=1S/C15H12ClN7O/c1-10(23-9-18-8-19-23)15(24)20-14-4-5-22(21-14)13-3-2-12(16)6-11(13)7-17/h2-6,8-10H,1H3,(H,20,21,24). The second-order valence-corrected chi connectivity index (χ2v) is 5.40. The van der Waals surface area contributed by atoms with Crippen LogP contribution in [-0.2, 0) is 4.79 Å². The van der Waals surface area contributed by atoms with Crippen molar-refractivity contribution in [2.45, 2.75) is 13.0 Å². The number of hydrogen-bond acceptors (Lipinski definition) is 5. The van der Waals surface area contributed by atoms with Crippen molar-refractivity contribution < 1.29 is 4.79 Å². The third kappa shape index (κ3) is 3.11. The zero-order chi connectivity index (χ0) is 17.1. The lowest BCUT2D eigenvalue weighted by Gasteiger charge is -2.10. The van der Waals surface area contributed by atoms with Gasteiger partial charge in [-0.3, -0.25) is 4.79 Å². The molecule has 9 heteroatoms. The van der Waals surface area contributed by atoms with Crippen LogP contribution >= 0.6 is 11.6 Å². The predicted molar refractivity (Wildman–Crippen MR) is 86.7 cm³/mol. The molecule has 1 aromatic carbocycles. The molecule has 0 aliphatic rings. The molecular weight excluding hydrogens is 330 g/mol. The van der Waals surface area contributed by atoms with Gasteiger partial charge >= 0.3 is 0 Å².